The van der Waals surface area contributed by atoms with Gasteiger partial charge in [-0.15, -0.1) is 0 Å². The maximum absolute atomic E-state index is 12.9. The van der Waals surface area contributed by atoms with Crippen molar-refractivity contribution in [2.75, 3.05) is 0 Å². The second-order valence-electron chi connectivity index (χ2n) is 5.10. The molecule has 0 aliphatic heterocycles. The van der Waals surface area contributed by atoms with E-state index in [2.05, 4.69) is 0 Å². The molecule has 0 fully saturated rings. The zero-order chi connectivity index (χ0) is 15.5. The highest BCUT2D eigenvalue weighted by atomic mass is 32.2. The first-order valence-corrected chi connectivity index (χ1v) is 8.32. The van der Waals surface area contributed by atoms with E-state index in [0.29, 0.717) is 6.42 Å². The summed E-state index contributed by atoms with van der Waals surface area (Å²) in [5.41, 5.74) is -0.301. The maximum atomic E-state index is 12.9. The highest BCUT2D eigenvalue weighted by Gasteiger charge is 2.44. The highest BCUT2D eigenvalue weighted by molar-refractivity contribution is 7.87. The molecule has 1 aliphatic carbocycles. The van der Waals surface area contributed by atoms with E-state index >= 15 is 0 Å². The third kappa shape index (κ3) is 2.99. The van der Waals surface area contributed by atoms with Crippen LogP contribution in [0.15, 0.2) is 54.6 Å². The van der Waals surface area contributed by atoms with Gasteiger partial charge in [0.2, 0.25) is 0 Å². The Hall–Kier alpha value is -1.72. The second-order valence-corrected chi connectivity index (χ2v) is 6.70. The lowest BCUT2D eigenvalue weighted by atomic mass is 9.71. The molecular weight excluding hydrogens is 288 g/mol. The van der Waals surface area contributed by atoms with Gasteiger partial charge < -0.3 is 0 Å². The van der Waals surface area contributed by atoms with Gasteiger partial charge >= 0.3 is 0 Å². The summed E-state index contributed by atoms with van der Waals surface area (Å²) in [6.45, 7) is 1.58. The third-order valence-electron chi connectivity index (χ3n) is 3.82. The number of benzene rings is 1. The van der Waals surface area contributed by atoms with Gasteiger partial charge in [-0.05, 0) is 18.4 Å². The van der Waals surface area contributed by atoms with Gasteiger partial charge in [0, 0.05) is 0 Å². The molecule has 5 heteroatoms. The van der Waals surface area contributed by atoms with Gasteiger partial charge in [-0.1, -0.05) is 61.6 Å². The molecule has 1 aromatic carbocycles. The quantitative estimate of drug-likeness (QED) is 0.849. The summed E-state index contributed by atoms with van der Waals surface area (Å²) in [5, 5.41) is -1.41. The Kier molecular flexibility index (Phi) is 4.44. The molecule has 2 unspecified atom stereocenters. The summed E-state index contributed by atoms with van der Waals surface area (Å²) in [5.74, 6) is -0.487. The lowest BCUT2D eigenvalue weighted by Crippen LogP contribution is -2.44. The van der Waals surface area contributed by atoms with Crippen molar-refractivity contribution in [3.05, 3.63) is 60.2 Å². The molecule has 0 amide bonds. The number of carbonyl (C=O) groups is 1. The van der Waals surface area contributed by atoms with E-state index in [1.165, 1.54) is 0 Å². The smallest absolute Gasteiger partial charge is 0.275 e. The van der Waals surface area contributed by atoms with Crippen molar-refractivity contribution < 1.29 is 17.8 Å². The Morgan fingerprint density at radius 2 is 1.95 bits per heavy atom. The number of carbonyl (C=O) groups excluding carboxylic acids is 1. The fourth-order valence-electron chi connectivity index (χ4n) is 2.71. The van der Waals surface area contributed by atoms with Crippen LogP contribution in [0.5, 0.6) is 0 Å². The van der Waals surface area contributed by atoms with Gasteiger partial charge in [-0.25, -0.2) is 0 Å². The molecule has 2 rings (SSSR count). The predicted octanol–water partition coefficient (Wildman–Crippen LogP) is 2.68. The van der Waals surface area contributed by atoms with Gasteiger partial charge in [0.25, 0.3) is 10.1 Å². The minimum absolute atomic E-state index is 0.0454. The standard InChI is InChI=1S/C16H18O4S/c1-2-14(21(18,19)20)15(17)16(11-7-4-8-12-16)13-9-5-3-6-10-13/h3-11,14H,2,12H2,1H3,(H,18,19,20). The molecule has 1 aliphatic rings. The largest absolute Gasteiger partial charge is 0.297 e. The van der Waals surface area contributed by atoms with Crippen molar-refractivity contribution in [2.45, 2.75) is 30.4 Å². The molecule has 1 aromatic rings. The SMILES string of the molecule is CCC(C(=O)C1(c2ccccc2)C=CC=CC1)S(=O)(=O)O. The van der Waals surface area contributed by atoms with E-state index in [-0.39, 0.29) is 6.42 Å². The lowest BCUT2D eigenvalue weighted by Gasteiger charge is -2.32. The van der Waals surface area contributed by atoms with Gasteiger partial charge in [0.15, 0.2) is 5.78 Å². The Bertz CT molecular complexity index is 673. The Balaban J connectivity index is 2.55. The minimum Gasteiger partial charge on any atom is -0.297 e. The summed E-state index contributed by atoms with van der Waals surface area (Å²) in [4.78, 5) is 12.9. The van der Waals surface area contributed by atoms with Crippen LogP contribution in [0.4, 0.5) is 0 Å². The molecule has 0 saturated carbocycles. The zero-order valence-corrected chi connectivity index (χ0v) is 12.6. The van der Waals surface area contributed by atoms with Gasteiger partial charge in [-0.3, -0.25) is 9.35 Å². The third-order valence-corrected chi connectivity index (χ3v) is 5.09. The number of allylic oxidation sites excluding steroid dienone is 4. The monoisotopic (exact) mass is 306 g/mol. The van der Waals surface area contributed by atoms with Crippen molar-refractivity contribution in [1.29, 1.82) is 0 Å². The van der Waals surface area contributed by atoms with E-state index < -0.39 is 26.6 Å². The van der Waals surface area contributed by atoms with Crippen LogP contribution in [0.3, 0.4) is 0 Å². The lowest BCUT2D eigenvalue weighted by molar-refractivity contribution is -0.122. The van der Waals surface area contributed by atoms with Crippen molar-refractivity contribution in [2.24, 2.45) is 0 Å². The van der Waals surface area contributed by atoms with Crippen LogP contribution in [-0.4, -0.2) is 24.0 Å². The molecule has 0 heterocycles. The van der Waals surface area contributed by atoms with E-state index in [1.54, 1.807) is 31.2 Å². The maximum Gasteiger partial charge on any atom is 0.275 e. The molecule has 0 bridgehead atoms. The minimum atomic E-state index is -4.42. The van der Waals surface area contributed by atoms with E-state index in [0.717, 1.165) is 5.56 Å². The zero-order valence-electron chi connectivity index (χ0n) is 11.8. The molecule has 0 radical (unpaired) electrons. The Morgan fingerprint density at radius 3 is 2.43 bits per heavy atom. The van der Waals surface area contributed by atoms with Crippen LogP contribution in [0.25, 0.3) is 0 Å². The van der Waals surface area contributed by atoms with Crippen LogP contribution in [0, 0.1) is 0 Å². The van der Waals surface area contributed by atoms with E-state index in [9.17, 15) is 17.8 Å². The second kappa shape index (κ2) is 5.95. The first-order chi connectivity index (χ1) is 9.92. The van der Waals surface area contributed by atoms with E-state index in [4.69, 9.17) is 0 Å². The van der Waals surface area contributed by atoms with Crippen molar-refractivity contribution in [1.82, 2.24) is 0 Å². The fraction of sp³-hybridized carbons (Fsp3) is 0.312. The summed E-state index contributed by atoms with van der Waals surface area (Å²) in [6.07, 6.45) is 7.55. The number of ketones is 1. The molecule has 4 nitrogen and oxygen atoms in total. The molecule has 2 atom stereocenters. The van der Waals surface area contributed by atoms with Gasteiger partial charge in [0.1, 0.15) is 5.25 Å². The number of hydrogen-bond donors (Lipinski definition) is 1. The van der Waals surface area contributed by atoms with Crippen molar-refractivity contribution in [3.8, 4) is 0 Å². The molecule has 0 aromatic heterocycles. The van der Waals surface area contributed by atoms with Crippen molar-refractivity contribution in [3.63, 3.8) is 0 Å². The number of Topliss-reactive ketones (excluding diaryl/α,β-unsaturated/α-hetero) is 1. The number of hydrogen-bond acceptors (Lipinski definition) is 3. The highest BCUT2D eigenvalue weighted by Crippen LogP contribution is 2.36. The molecule has 112 valence electrons. The van der Waals surface area contributed by atoms with Crippen LogP contribution in [0.2, 0.25) is 0 Å². The summed E-state index contributed by atoms with van der Waals surface area (Å²) >= 11 is 0. The first kappa shape index (κ1) is 15.7. The normalized spacial score (nSPS) is 23.0. The van der Waals surface area contributed by atoms with Crippen molar-refractivity contribution >= 4 is 15.9 Å². The summed E-state index contributed by atoms with van der Waals surface area (Å²) in [7, 11) is -4.42. The average Bonchev–Trinajstić information content (AvgIpc) is 2.48. The summed E-state index contributed by atoms with van der Waals surface area (Å²) < 4.78 is 32.4. The van der Waals surface area contributed by atoms with Gasteiger partial charge in [0.05, 0.1) is 5.41 Å². The topological polar surface area (TPSA) is 71.4 Å². The molecular formula is C16H18O4S. The summed E-state index contributed by atoms with van der Waals surface area (Å²) in [6, 6.07) is 9.07. The molecule has 0 spiro atoms. The Labute approximate surface area is 124 Å². The van der Waals surface area contributed by atoms with E-state index in [1.807, 2.05) is 30.4 Å². The Morgan fingerprint density at radius 1 is 1.29 bits per heavy atom. The van der Waals surface area contributed by atoms with Crippen LogP contribution in [-0.2, 0) is 20.3 Å². The first-order valence-electron chi connectivity index (χ1n) is 6.82. The molecule has 21 heavy (non-hydrogen) atoms. The fourth-order valence-corrected chi connectivity index (χ4v) is 3.62. The van der Waals surface area contributed by atoms with Gasteiger partial charge in [-0.2, -0.15) is 8.42 Å². The average molecular weight is 306 g/mol. The number of rotatable bonds is 5. The van der Waals surface area contributed by atoms with Crippen LogP contribution >= 0.6 is 0 Å². The van der Waals surface area contributed by atoms with Crippen LogP contribution in [0.1, 0.15) is 25.3 Å². The molecule has 1 N–H and O–H groups in total. The predicted molar refractivity (Wildman–Crippen MR) is 81.7 cm³/mol. The molecule has 0 saturated heterocycles. The van der Waals surface area contributed by atoms with Crippen LogP contribution < -0.4 is 0 Å².